The summed E-state index contributed by atoms with van der Waals surface area (Å²) in [5.41, 5.74) is 0.782. The highest BCUT2D eigenvalue weighted by atomic mass is 35.5. The second-order valence-corrected chi connectivity index (χ2v) is 10.0. The largest absolute Gasteiger partial charge is 0.493 e. The third kappa shape index (κ3) is 5.50. The lowest BCUT2D eigenvalue weighted by molar-refractivity contribution is -0.137. The second-order valence-electron chi connectivity index (χ2n) is 9.59. The Morgan fingerprint density at radius 3 is 2.48 bits per heavy atom. The Kier molecular flexibility index (Phi) is 7.27. The highest BCUT2D eigenvalue weighted by Gasteiger charge is 2.45. The Balaban J connectivity index is 1.34. The van der Waals surface area contributed by atoms with Crippen LogP contribution in [0.15, 0.2) is 42.5 Å². The molecule has 4 rings (SSSR count). The maximum absolute atomic E-state index is 12.9. The number of aliphatic hydroxyl groups is 1. The number of hydrogen-bond acceptors (Lipinski definition) is 3. The Labute approximate surface area is 198 Å². The molecule has 1 heterocycles. The maximum atomic E-state index is 12.9. The van der Waals surface area contributed by atoms with Crippen LogP contribution in [0, 0.1) is 12.8 Å². The Morgan fingerprint density at radius 1 is 1.15 bits per heavy atom. The van der Waals surface area contributed by atoms with Gasteiger partial charge >= 0.3 is 6.18 Å². The highest BCUT2D eigenvalue weighted by molar-refractivity contribution is 6.30. The van der Waals surface area contributed by atoms with Crippen molar-refractivity contribution < 1.29 is 23.0 Å². The molecule has 3 nitrogen and oxygen atoms in total. The van der Waals surface area contributed by atoms with Crippen molar-refractivity contribution in [3.63, 3.8) is 0 Å². The van der Waals surface area contributed by atoms with Gasteiger partial charge in [-0.05, 0) is 80.6 Å². The van der Waals surface area contributed by atoms with Gasteiger partial charge in [-0.15, -0.1) is 0 Å². The van der Waals surface area contributed by atoms with Gasteiger partial charge in [0, 0.05) is 29.4 Å². The summed E-state index contributed by atoms with van der Waals surface area (Å²) in [6.45, 7) is 4.46. The van der Waals surface area contributed by atoms with Crippen LogP contribution in [0.2, 0.25) is 5.02 Å². The van der Waals surface area contributed by atoms with Crippen LogP contribution in [0.4, 0.5) is 13.2 Å². The van der Waals surface area contributed by atoms with E-state index in [1.807, 2.05) is 24.3 Å². The number of benzene rings is 2. The zero-order chi connectivity index (χ0) is 23.6. The number of aliphatic hydroxyl groups excluding tert-OH is 1. The zero-order valence-corrected chi connectivity index (χ0v) is 19.6. The van der Waals surface area contributed by atoms with E-state index < -0.39 is 17.8 Å². The number of piperidine rings is 1. The molecule has 0 spiro atoms. The summed E-state index contributed by atoms with van der Waals surface area (Å²) >= 11 is 6.05. The van der Waals surface area contributed by atoms with Gasteiger partial charge < -0.3 is 14.7 Å². The van der Waals surface area contributed by atoms with Crippen LogP contribution in [-0.2, 0) is 11.6 Å². The summed E-state index contributed by atoms with van der Waals surface area (Å²) in [5.74, 6) is 0.775. The summed E-state index contributed by atoms with van der Waals surface area (Å²) < 4.78 is 44.6. The van der Waals surface area contributed by atoms with E-state index in [1.165, 1.54) is 6.07 Å². The van der Waals surface area contributed by atoms with E-state index in [4.69, 9.17) is 16.3 Å². The first-order chi connectivity index (χ1) is 15.7. The Hall–Kier alpha value is -1.76. The maximum Gasteiger partial charge on any atom is 0.416 e. The molecule has 0 bridgehead atoms. The zero-order valence-electron chi connectivity index (χ0n) is 18.9. The number of ether oxygens (including phenoxy) is 1. The molecule has 0 aromatic heterocycles. The highest BCUT2D eigenvalue weighted by Crippen LogP contribution is 2.47. The van der Waals surface area contributed by atoms with Crippen molar-refractivity contribution in [1.82, 2.24) is 4.90 Å². The molecule has 0 radical (unpaired) electrons. The number of rotatable bonds is 7. The molecular weight excluding hydrogens is 451 g/mol. The lowest BCUT2D eigenvalue weighted by atomic mass is 9.61. The number of hydrogen-bond donors (Lipinski definition) is 1. The van der Waals surface area contributed by atoms with E-state index in [9.17, 15) is 18.3 Å². The van der Waals surface area contributed by atoms with E-state index in [0.29, 0.717) is 29.5 Å². The van der Waals surface area contributed by atoms with E-state index >= 15 is 0 Å². The van der Waals surface area contributed by atoms with Gasteiger partial charge in [-0.2, -0.15) is 13.2 Å². The third-order valence-corrected chi connectivity index (χ3v) is 7.57. The standard InChI is InChI=1S/C26H31ClF3NO2/c1-18-14-21(26(28,29)30)7-10-23(18)33-17-19-4-2-13-31(15-19)16-24(32)25(11-3-12-25)20-5-8-22(27)9-6-20/h5-10,14,19,24,32H,2-4,11-13,15-17H2,1H3/t19-,24-/m1/s1. The summed E-state index contributed by atoms with van der Waals surface area (Å²) in [4.78, 5) is 2.30. The fourth-order valence-corrected chi connectivity index (χ4v) is 5.35. The second kappa shape index (κ2) is 9.85. The topological polar surface area (TPSA) is 32.7 Å². The monoisotopic (exact) mass is 481 g/mol. The molecule has 180 valence electrons. The van der Waals surface area contributed by atoms with Crippen LogP contribution >= 0.6 is 11.6 Å². The first-order valence-corrected chi connectivity index (χ1v) is 12.0. The summed E-state index contributed by atoms with van der Waals surface area (Å²) in [5, 5.41) is 11.9. The summed E-state index contributed by atoms with van der Waals surface area (Å²) in [6, 6.07) is 11.5. The first kappa shape index (κ1) is 24.4. The minimum Gasteiger partial charge on any atom is -0.493 e. The average Bonchev–Trinajstić information content (AvgIpc) is 2.73. The number of β-amino-alcohol motifs (C(OH)–C–C–N with tert-alkyl or cyclic N) is 1. The molecule has 1 aliphatic carbocycles. The van der Waals surface area contributed by atoms with Crippen molar-refractivity contribution >= 4 is 11.6 Å². The number of alkyl halides is 3. The molecule has 1 aliphatic heterocycles. The van der Waals surface area contributed by atoms with Gasteiger partial charge in [0.1, 0.15) is 5.75 Å². The van der Waals surface area contributed by atoms with Crippen molar-refractivity contribution in [2.24, 2.45) is 5.92 Å². The number of halogens is 4. The van der Waals surface area contributed by atoms with Crippen LogP contribution in [0.3, 0.4) is 0 Å². The van der Waals surface area contributed by atoms with Gasteiger partial charge in [0.25, 0.3) is 0 Å². The lowest BCUT2D eigenvalue weighted by Crippen LogP contribution is -2.52. The number of nitrogens with zero attached hydrogens (tertiary/aromatic N) is 1. The van der Waals surface area contributed by atoms with Crippen LogP contribution in [0.5, 0.6) is 5.75 Å². The van der Waals surface area contributed by atoms with Gasteiger partial charge in [-0.1, -0.05) is 30.2 Å². The van der Waals surface area contributed by atoms with Gasteiger partial charge in [0.15, 0.2) is 0 Å². The Bertz CT molecular complexity index is 944. The predicted octanol–water partition coefficient (Wildman–Crippen LogP) is 6.24. The fourth-order valence-electron chi connectivity index (χ4n) is 5.22. The number of aryl methyl sites for hydroxylation is 1. The van der Waals surface area contributed by atoms with Crippen LogP contribution in [-0.4, -0.2) is 42.4 Å². The molecule has 7 heteroatoms. The van der Waals surface area contributed by atoms with E-state index in [2.05, 4.69) is 4.90 Å². The van der Waals surface area contributed by atoms with Crippen molar-refractivity contribution in [1.29, 1.82) is 0 Å². The molecule has 2 atom stereocenters. The smallest absolute Gasteiger partial charge is 0.416 e. The minimum atomic E-state index is -4.35. The molecule has 33 heavy (non-hydrogen) atoms. The molecule has 1 saturated heterocycles. The molecule has 2 aromatic carbocycles. The quantitative estimate of drug-likeness (QED) is 0.508. The summed E-state index contributed by atoms with van der Waals surface area (Å²) in [7, 11) is 0. The molecule has 0 amide bonds. The van der Waals surface area contributed by atoms with Crippen LogP contribution in [0.25, 0.3) is 0 Å². The van der Waals surface area contributed by atoms with E-state index in [-0.39, 0.29) is 11.3 Å². The van der Waals surface area contributed by atoms with Crippen LogP contribution in [0.1, 0.15) is 48.8 Å². The molecule has 1 saturated carbocycles. The van der Waals surface area contributed by atoms with Gasteiger partial charge in [0.2, 0.25) is 0 Å². The minimum absolute atomic E-state index is 0.203. The summed E-state index contributed by atoms with van der Waals surface area (Å²) in [6.07, 6.45) is 0.284. The molecule has 2 aromatic rings. The third-order valence-electron chi connectivity index (χ3n) is 7.31. The lowest BCUT2D eigenvalue weighted by Gasteiger charge is -2.48. The van der Waals surface area contributed by atoms with Gasteiger partial charge in [-0.25, -0.2) is 0 Å². The van der Waals surface area contributed by atoms with Crippen molar-refractivity contribution in [2.45, 2.75) is 56.7 Å². The number of likely N-dealkylation sites (tertiary alicyclic amines) is 1. The molecule has 2 fully saturated rings. The van der Waals surface area contributed by atoms with Gasteiger partial charge in [0.05, 0.1) is 18.3 Å². The van der Waals surface area contributed by atoms with Gasteiger partial charge in [-0.3, -0.25) is 0 Å². The molecule has 1 N–H and O–H groups in total. The predicted molar refractivity (Wildman–Crippen MR) is 124 cm³/mol. The van der Waals surface area contributed by atoms with E-state index in [0.717, 1.165) is 62.9 Å². The first-order valence-electron chi connectivity index (χ1n) is 11.6. The van der Waals surface area contributed by atoms with E-state index in [1.54, 1.807) is 6.92 Å². The fraction of sp³-hybridized carbons (Fsp3) is 0.538. The normalized spacial score (nSPS) is 21.9. The molecular formula is C26H31ClF3NO2. The molecule has 0 unspecified atom stereocenters. The SMILES string of the molecule is Cc1cc(C(F)(F)F)ccc1OC[C@@H]1CCCN(C[C@@H](O)C2(c3ccc(Cl)cc3)CCC2)C1. The van der Waals surface area contributed by atoms with Crippen molar-refractivity contribution in [3.8, 4) is 5.75 Å². The van der Waals surface area contributed by atoms with Crippen molar-refractivity contribution in [3.05, 3.63) is 64.2 Å². The van der Waals surface area contributed by atoms with Crippen molar-refractivity contribution in [2.75, 3.05) is 26.2 Å². The Morgan fingerprint density at radius 2 is 1.88 bits per heavy atom. The average molecular weight is 482 g/mol. The molecule has 2 aliphatic rings. The van der Waals surface area contributed by atoms with Crippen LogP contribution < -0.4 is 4.74 Å².